The summed E-state index contributed by atoms with van der Waals surface area (Å²) in [7, 11) is 0. The van der Waals surface area contributed by atoms with Gasteiger partial charge in [0.05, 0.1) is 6.33 Å². The van der Waals surface area contributed by atoms with Crippen LogP contribution in [0.5, 0.6) is 0 Å². The zero-order chi connectivity index (χ0) is 10.7. The van der Waals surface area contributed by atoms with Gasteiger partial charge in [-0.2, -0.15) is 11.8 Å². The number of nitrogens with zero attached hydrogens (tertiary/aromatic N) is 2. The average Bonchev–Trinajstić information content (AvgIpc) is 2.84. The summed E-state index contributed by atoms with van der Waals surface area (Å²) in [4.78, 5) is 4.29. The van der Waals surface area contributed by atoms with E-state index in [2.05, 4.69) is 28.0 Å². The van der Waals surface area contributed by atoms with Gasteiger partial charge in [0, 0.05) is 36.1 Å². The first kappa shape index (κ1) is 11.0. The van der Waals surface area contributed by atoms with Crippen LogP contribution in [0.4, 0.5) is 0 Å². The Bertz CT molecular complexity index is 315. The van der Waals surface area contributed by atoms with Gasteiger partial charge < -0.3 is 9.88 Å². The maximum absolute atomic E-state index is 4.29. The van der Waals surface area contributed by atoms with E-state index in [1.54, 1.807) is 0 Å². The Morgan fingerprint density at radius 3 is 3.20 bits per heavy atom. The number of aromatic nitrogens is 2. The van der Waals surface area contributed by atoms with Gasteiger partial charge in [-0.3, -0.25) is 0 Å². The Labute approximate surface area is 95.7 Å². The van der Waals surface area contributed by atoms with E-state index >= 15 is 0 Å². The van der Waals surface area contributed by atoms with E-state index in [1.807, 2.05) is 24.3 Å². The molecule has 2 heterocycles. The van der Waals surface area contributed by atoms with Crippen LogP contribution in [0.2, 0.25) is 0 Å². The Hall–Kier alpha value is -0.480. The lowest BCUT2D eigenvalue weighted by molar-refractivity contribution is 0.478. The van der Waals surface area contributed by atoms with Gasteiger partial charge in [0.25, 0.3) is 0 Å². The Balaban J connectivity index is 2.16. The minimum Gasteiger partial charge on any atom is -0.333 e. The number of imidazole rings is 1. The number of aryl methyl sites for hydroxylation is 1. The fraction of sp³-hybridized carbons (Fsp3) is 0.727. The molecule has 0 bridgehead atoms. The first-order valence-corrected chi connectivity index (χ1v) is 6.86. The first-order chi connectivity index (χ1) is 7.26. The van der Waals surface area contributed by atoms with Crippen molar-refractivity contribution in [3.63, 3.8) is 0 Å². The molecule has 1 aromatic heterocycles. The highest BCUT2D eigenvalue weighted by molar-refractivity contribution is 7.98. The van der Waals surface area contributed by atoms with Crippen LogP contribution in [0.3, 0.4) is 0 Å². The fourth-order valence-corrected chi connectivity index (χ4v) is 2.61. The number of nitrogens with one attached hydrogen (secondary N) is 1. The van der Waals surface area contributed by atoms with E-state index in [1.165, 1.54) is 12.1 Å². The van der Waals surface area contributed by atoms with Crippen molar-refractivity contribution in [2.45, 2.75) is 25.3 Å². The summed E-state index contributed by atoms with van der Waals surface area (Å²) in [5, 5.41) is 3.44. The molecule has 1 N–H and O–H groups in total. The lowest BCUT2D eigenvalue weighted by Crippen LogP contribution is -2.28. The summed E-state index contributed by atoms with van der Waals surface area (Å²) in [5.41, 5.74) is 1.68. The van der Waals surface area contributed by atoms with Gasteiger partial charge in [-0.05, 0) is 19.2 Å². The summed E-state index contributed by atoms with van der Waals surface area (Å²) >= 11 is 1.89. The van der Waals surface area contributed by atoms with Crippen LogP contribution in [-0.4, -0.2) is 34.6 Å². The molecule has 1 aliphatic rings. The Morgan fingerprint density at radius 2 is 2.53 bits per heavy atom. The van der Waals surface area contributed by atoms with Crippen molar-refractivity contribution in [3.05, 3.63) is 18.2 Å². The molecule has 1 fully saturated rings. The maximum Gasteiger partial charge on any atom is 0.0948 e. The molecule has 1 unspecified atom stereocenters. The molecule has 84 valence electrons. The second-order valence-electron chi connectivity index (χ2n) is 4.45. The third kappa shape index (κ3) is 2.21. The Kier molecular flexibility index (Phi) is 3.36. The lowest BCUT2D eigenvalue weighted by Gasteiger charge is -2.24. The zero-order valence-corrected chi connectivity index (χ0v) is 10.3. The van der Waals surface area contributed by atoms with E-state index in [9.17, 15) is 0 Å². The van der Waals surface area contributed by atoms with Crippen LogP contribution in [0.1, 0.15) is 19.0 Å². The van der Waals surface area contributed by atoms with Gasteiger partial charge in [-0.15, -0.1) is 0 Å². The molecule has 1 atom stereocenters. The third-order valence-electron chi connectivity index (χ3n) is 3.24. The summed E-state index contributed by atoms with van der Waals surface area (Å²) in [6.45, 7) is 5.62. The largest absolute Gasteiger partial charge is 0.333 e. The fourth-order valence-electron chi connectivity index (χ4n) is 2.23. The molecule has 0 saturated carbocycles. The van der Waals surface area contributed by atoms with Crippen molar-refractivity contribution in [1.29, 1.82) is 0 Å². The highest BCUT2D eigenvalue weighted by Crippen LogP contribution is 2.29. The molecule has 4 heteroatoms. The van der Waals surface area contributed by atoms with Crippen molar-refractivity contribution < 1.29 is 0 Å². The molecule has 1 saturated heterocycles. The molecule has 0 amide bonds. The third-order valence-corrected chi connectivity index (χ3v) is 3.83. The maximum atomic E-state index is 4.29. The Morgan fingerprint density at radius 1 is 1.67 bits per heavy atom. The molecule has 2 rings (SSSR count). The predicted octanol–water partition coefficient (Wildman–Crippen LogP) is 1.50. The molecular formula is C11H19N3S. The van der Waals surface area contributed by atoms with E-state index in [-0.39, 0.29) is 5.41 Å². The molecule has 0 aliphatic carbocycles. The minimum atomic E-state index is 0.287. The molecule has 0 aromatic carbocycles. The lowest BCUT2D eigenvalue weighted by atomic mass is 9.86. The van der Waals surface area contributed by atoms with Crippen molar-refractivity contribution in [3.8, 4) is 0 Å². The predicted molar refractivity (Wildman–Crippen MR) is 65.4 cm³/mol. The van der Waals surface area contributed by atoms with Crippen LogP contribution >= 0.6 is 11.8 Å². The molecule has 1 aromatic rings. The first-order valence-electron chi connectivity index (χ1n) is 5.46. The van der Waals surface area contributed by atoms with Crippen LogP contribution in [-0.2, 0) is 12.0 Å². The molecule has 3 nitrogen and oxygen atoms in total. The van der Waals surface area contributed by atoms with Crippen molar-refractivity contribution in [1.82, 2.24) is 14.9 Å². The molecular weight excluding hydrogens is 206 g/mol. The van der Waals surface area contributed by atoms with Gasteiger partial charge >= 0.3 is 0 Å². The van der Waals surface area contributed by atoms with E-state index in [0.29, 0.717) is 0 Å². The van der Waals surface area contributed by atoms with Crippen molar-refractivity contribution >= 4 is 11.8 Å². The minimum absolute atomic E-state index is 0.287. The monoisotopic (exact) mass is 225 g/mol. The van der Waals surface area contributed by atoms with E-state index in [0.717, 1.165) is 25.4 Å². The molecule has 15 heavy (non-hydrogen) atoms. The van der Waals surface area contributed by atoms with Crippen LogP contribution < -0.4 is 5.32 Å². The second kappa shape index (κ2) is 4.58. The summed E-state index contributed by atoms with van der Waals surface area (Å²) in [6.07, 6.45) is 7.37. The second-order valence-corrected chi connectivity index (χ2v) is 5.44. The SMILES string of the molecule is CSCCn1cncc1C1(C)CCNC1. The number of thioether (sulfide) groups is 1. The molecule has 0 spiro atoms. The van der Waals surface area contributed by atoms with Gasteiger partial charge in [0.1, 0.15) is 0 Å². The van der Waals surface area contributed by atoms with E-state index < -0.39 is 0 Å². The highest BCUT2D eigenvalue weighted by atomic mass is 32.2. The average molecular weight is 225 g/mol. The summed E-state index contributed by atoms with van der Waals surface area (Å²) in [6, 6.07) is 0. The van der Waals surface area contributed by atoms with Crippen molar-refractivity contribution in [2.75, 3.05) is 25.1 Å². The van der Waals surface area contributed by atoms with Crippen LogP contribution in [0.25, 0.3) is 0 Å². The van der Waals surface area contributed by atoms with Crippen LogP contribution in [0.15, 0.2) is 12.5 Å². The zero-order valence-electron chi connectivity index (χ0n) is 9.49. The van der Waals surface area contributed by atoms with Crippen LogP contribution in [0, 0.1) is 0 Å². The number of hydrogen-bond acceptors (Lipinski definition) is 3. The van der Waals surface area contributed by atoms with Crippen molar-refractivity contribution in [2.24, 2.45) is 0 Å². The standard InChI is InChI=1S/C11H19N3S/c1-11(3-4-12-8-11)10-7-13-9-14(10)5-6-15-2/h7,9,12H,3-6,8H2,1-2H3. The highest BCUT2D eigenvalue weighted by Gasteiger charge is 2.33. The van der Waals surface area contributed by atoms with Gasteiger partial charge in [0.15, 0.2) is 0 Å². The van der Waals surface area contributed by atoms with Gasteiger partial charge in [0.2, 0.25) is 0 Å². The molecule has 0 radical (unpaired) electrons. The summed E-state index contributed by atoms with van der Waals surface area (Å²) < 4.78 is 2.31. The topological polar surface area (TPSA) is 29.9 Å². The smallest absolute Gasteiger partial charge is 0.0948 e. The normalized spacial score (nSPS) is 26.0. The number of hydrogen-bond donors (Lipinski definition) is 1. The molecule has 1 aliphatic heterocycles. The van der Waals surface area contributed by atoms with E-state index in [4.69, 9.17) is 0 Å². The van der Waals surface area contributed by atoms with Gasteiger partial charge in [-0.25, -0.2) is 4.98 Å². The summed E-state index contributed by atoms with van der Waals surface area (Å²) in [5.74, 6) is 1.16. The van der Waals surface area contributed by atoms with Gasteiger partial charge in [-0.1, -0.05) is 6.92 Å². The quantitative estimate of drug-likeness (QED) is 0.842. The number of rotatable bonds is 4.